The van der Waals surface area contributed by atoms with Crippen LogP contribution in [0.3, 0.4) is 0 Å². The van der Waals surface area contributed by atoms with E-state index < -0.39 is 0 Å². The van der Waals surface area contributed by atoms with Crippen LogP contribution in [0.25, 0.3) is 0 Å². The zero-order valence-corrected chi connectivity index (χ0v) is 9.56. The summed E-state index contributed by atoms with van der Waals surface area (Å²) in [5, 5.41) is 12.7. The second kappa shape index (κ2) is 8.81. The molecule has 0 radical (unpaired) electrons. The van der Waals surface area contributed by atoms with Crippen LogP contribution in [0.5, 0.6) is 0 Å². The number of hydrogen-bond donors (Lipinski definition) is 2. The molecule has 0 aliphatic rings. The molecule has 3 nitrogen and oxygen atoms in total. The molecule has 0 heterocycles. The predicted octanol–water partition coefficient (Wildman–Crippen LogP) is 0.725. The highest BCUT2D eigenvalue weighted by Gasteiger charge is 2.07. The van der Waals surface area contributed by atoms with Gasteiger partial charge in [-0.05, 0) is 12.7 Å². The lowest BCUT2D eigenvalue weighted by molar-refractivity contribution is 0.0631. The molecule has 0 spiro atoms. The summed E-state index contributed by atoms with van der Waals surface area (Å²) in [4.78, 5) is 0. The third-order valence-corrected chi connectivity index (χ3v) is 2.60. The molecule has 0 amide bonds. The molecule has 0 bridgehead atoms. The Balaban J connectivity index is 3.46. The molecule has 13 heavy (non-hydrogen) atoms. The molecule has 0 saturated carbocycles. The van der Waals surface area contributed by atoms with Gasteiger partial charge in [-0.1, -0.05) is 6.92 Å². The summed E-state index contributed by atoms with van der Waals surface area (Å²) >= 11 is 1.82. The lowest BCUT2D eigenvalue weighted by atomic mass is 10.2. The van der Waals surface area contributed by atoms with Crippen molar-refractivity contribution in [2.75, 3.05) is 32.3 Å². The Morgan fingerprint density at radius 2 is 2.23 bits per heavy atom. The predicted molar refractivity (Wildman–Crippen MR) is 58.3 cm³/mol. The smallest absolute Gasteiger partial charge is 0.0897 e. The van der Waals surface area contributed by atoms with Crippen LogP contribution in [-0.4, -0.2) is 49.5 Å². The molecule has 0 aromatic heterocycles. The molecule has 0 rings (SSSR count). The van der Waals surface area contributed by atoms with Crippen molar-refractivity contribution in [2.24, 2.45) is 0 Å². The van der Waals surface area contributed by atoms with E-state index in [9.17, 15) is 5.11 Å². The first kappa shape index (κ1) is 13.2. The fourth-order valence-electron chi connectivity index (χ4n) is 1.08. The van der Waals surface area contributed by atoms with Crippen molar-refractivity contribution in [3.8, 4) is 0 Å². The number of methoxy groups -OCH3 is 1. The Morgan fingerprint density at radius 3 is 2.69 bits per heavy atom. The van der Waals surface area contributed by atoms with Crippen LogP contribution in [-0.2, 0) is 4.74 Å². The van der Waals surface area contributed by atoms with Crippen LogP contribution in [0.2, 0.25) is 0 Å². The minimum absolute atomic E-state index is 0.388. The van der Waals surface area contributed by atoms with Gasteiger partial charge in [-0.3, -0.25) is 0 Å². The van der Waals surface area contributed by atoms with E-state index in [2.05, 4.69) is 18.5 Å². The maximum atomic E-state index is 9.37. The Kier molecular flexibility index (Phi) is 8.97. The van der Waals surface area contributed by atoms with Crippen LogP contribution >= 0.6 is 11.8 Å². The van der Waals surface area contributed by atoms with Gasteiger partial charge >= 0.3 is 0 Å². The van der Waals surface area contributed by atoms with E-state index in [1.165, 1.54) is 0 Å². The van der Waals surface area contributed by atoms with Gasteiger partial charge in [0.2, 0.25) is 0 Å². The van der Waals surface area contributed by atoms with E-state index in [1.807, 2.05) is 11.8 Å². The molecule has 0 saturated heterocycles. The molecule has 2 unspecified atom stereocenters. The normalized spacial score (nSPS) is 15.7. The maximum absolute atomic E-state index is 9.37. The monoisotopic (exact) mass is 207 g/mol. The van der Waals surface area contributed by atoms with Gasteiger partial charge in [0.05, 0.1) is 12.7 Å². The molecule has 2 atom stereocenters. The second-order valence-electron chi connectivity index (χ2n) is 3.08. The van der Waals surface area contributed by atoms with Crippen molar-refractivity contribution >= 4 is 11.8 Å². The number of rotatable bonds is 8. The first-order valence-electron chi connectivity index (χ1n) is 4.63. The van der Waals surface area contributed by atoms with Crippen molar-refractivity contribution in [3.63, 3.8) is 0 Å². The number of ether oxygens (including phenoxy) is 1. The quantitative estimate of drug-likeness (QED) is 0.615. The highest BCUT2D eigenvalue weighted by atomic mass is 32.2. The van der Waals surface area contributed by atoms with E-state index in [1.54, 1.807) is 7.11 Å². The highest BCUT2D eigenvalue weighted by molar-refractivity contribution is 7.98. The highest BCUT2D eigenvalue weighted by Crippen LogP contribution is 2.00. The van der Waals surface area contributed by atoms with Gasteiger partial charge in [0.25, 0.3) is 0 Å². The van der Waals surface area contributed by atoms with Crippen LogP contribution in [0.1, 0.15) is 13.3 Å². The lowest BCUT2D eigenvalue weighted by Gasteiger charge is -2.18. The summed E-state index contributed by atoms with van der Waals surface area (Å²) in [5.41, 5.74) is 0. The molecule has 0 aliphatic carbocycles. The van der Waals surface area contributed by atoms with Gasteiger partial charge in [-0.2, -0.15) is 11.8 Å². The first-order chi connectivity index (χ1) is 6.24. The van der Waals surface area contributed by atoms with E-state index in [4.69, 9.17) is 4.74 Å². The van der Waals surface area contributed by atoms with Gasteiger partial charge in [0.1, 0.15) is 0 Å². The fraction of sp³-hybridized carbons (Fsp3) is 1.00. The van der Waals surface area contributed by atoms with Gasteiger partial charge in [-0.15, -0.1) is 0 Å². The summed E-state index contributed by atoms with van der Waals surface area (Å²) in [6, 6.07) is 0.501. The van der Waals surface area contributed by atoms with Gasteiger partial charge in [0, 0.05) is 25.4 Å². The number of hydrogen-bond acceptors (Lipinski definition) is 4. The SMILES string of the molecule is CCC(CSC)NCC(O)COC. The van der Waals surface area contributed by atoms with E-state index in [0.717, 1.165) is 12.2 Å². The summed E-state index contributed by atoms with van der Waals surface area (Å²) in [6.07, 6.45) is 2.80. The van der Waals surface area contributed by atoms with Crippen LogP contribution in [0, 0.1) is 0 Å². The van der Waals surface area contributed by atoms with Gasteiger partial charge in [-0.25, -0.2) is 0 Å². The third-order valence-electron chi connectivity index (χ3n) is 1.86. The zero-order chi connectivity index (χ0) is 10.1. The third kappa shape index (κ3) is 7.31. The summed E-state index contributed by atoms with van der Waals surface area (Å²) in [5.74, 6) is 1.09. The molecule has 80 valence electrons. The minimum atomic E-state index is -0.388. The van der Waals surface area contributed by atoms with Crippen molar-refractivity contribution in [2.45, 2.75) is 25.5 Å². The van der Waals surface area contributed by atoms with E-state index in [-0.39, 0.29) is 6.10 Å². The maximum Gasteiger partial charge on any atom is 0.0897 e. The summed E-state index contributed by atoms with van der Waals surface area (Å²) in [6.45, 7) is 3.17. The van der Waals surface area contributed by atoms with Gasteiger partial charge in [0.15, 0.2) is 0 Å². The average Bonchev–Trinajstić information content (AvgIpc) is 2.12. The van der Waals surface area contributed by atoms with Crippen molar-refractivity contribution in [1.29, 1.82) is 0 Å². The molecule has 2 N–H and O–H groups in total. The standard InChI is InChI=1S/C9H21NO2S/c1-4-8(7-13-3)10-5-9(11)6-12-2/h8-11H,4-7H2,1-3H3. The second-order valence-corrected chi connectivity index (χ2v) is 3.99. The average molecular weight is 207 g/mol. The largest absolute Gasteiger partial charge is 0.389 e. The van der Waals surface area contributed by atoms with Gasteiger partial charge < -0.3 is 15.2 Å². The number of nitrogens with one attached hydrogen (secondary N) is 1. The minimum Gasteiger partial charge on any atom is -0.389 e. The summed E-state index contributed by atoms with van der Waals surface area (Å²) < 4.78 is 4.83. The number of aliphatic hydroxyl groups is 1. The van der Waals surface area contributed by atoms with E-state index >= 15 is 0 Å². The molecule has 0 aromatic carbocycles. The van der Waals surface area contributed by atoms with Crippen molar-refractivity contribution in [3.05, 3.63) is 0 Å². The topological polar surface area (TPSA) is 41.5 Å². The molecule has 0 fully saturated rings. The van der Waals surface area contributed by atoms with Crippen LogP contribution in [0.15, 0.2) is 0 Å². The first-order valence-corrected chi connectivity index (χ1v) is 6.03. The Labute approximate surface area is 85.2 Å². The van der Waals surface area contributed by atoms with Crippen molar-refractivity contribution in [1.82, 2.24) is 5.32 Å². The van der Waals surface area contributed by atoms with Crippen LogP contribution in [0.4, 0.5) is 0 Å². The van der Waals surface area contributed by atoms with Crippen LogP contribution < -0.4 is 5.32 Å². The Morgan fingerprint density at radius 1 is 1.54 bits per heavy atom. The molecule has 0 aliphatic heterocycles. The molecular weight excluding hydrogens is 186 g/mol. The Hall–Kier alpha value is 0.230. The molecule has 0 aromatic rings. The zero-order valence-electron chi connectivity index (χ0n) is 8.75. The number of aliphatic hydroxyl groups excluding tert-OH is 1. The van der Waals surface area contributed by atoms with E-state index in [0.29, 0.717) is 19.2 Å². The number of thioether (sulfide) groups is 1. The fourth-order valence-corrected chi connectivity index (χ4v) is 1.83. The summed E-state index contributed by atoms with van der Waals surface area (Å²) in [7, 11) is 1.60. The van der Waals surface area contributed by atoms with Crippen molar-refractivity contribution < 1.29 is 9.84 Å². The Bertz CT molecular complexity index is 114. The lowest BCUT2D eigenvalue weighted by Crippen LogP contribution is -2.38. The molecular formula is C9H21NO2S. The molecule has 4 heteroatoms.